The number of aliphatic hydroxyl groups is 1. The monoisotopic (exact) mass is 340 g/mol. The minimum Gasteiger partial charge on any atom is -0.388 e. The summed E-state index contributed by atoms with van der Waals surface area (Å²) in [7, 11) is 0. The summed E-state index contributed by atoms with van der Waals surface area (Å²) in [4.78, 5) is 15.2. The summed E-state index contributed by atoms with van der Waals surface area (Å²) in [5.41, 5.74) is 2.00. The Morgan fingerprint density at radius 1 is 1.16 bits per heavy atom. The highest BCUT2D eigenvalue weighted by Crippen LogP contribution is 2.55. The Hall–Kier alpha value is -1.39. The largest absolute Gasteiger partial charge is 0.388 e. The first-order valence-electron chi connectivity index (χ1n) is 9.85. The lowest BCUT2D eigenvalue weighted by Crippen LogP contribution is -2.67. The molecule has 134 valence electrons. The van der Waals surface area contributed by atoms with Crippen LogP contribution >= 0.6 is 0 Å². The first-order chi connectivity index (χ1) is 12.0. The summed E-state index contributed by atoms with van der Waals surface area (Å²) >= 11 is 0. The van der Waals surface area contributed by atoms with Crippen LogP contribution < -0.4 is 5.32 Å². The van der Waals surface area contributed by atoms with Crippen LogP contribution in [-0.4, -0.2) is 33.6 Å². The van der Waals surface area contributed by atoms with Crippen LogP contribution in [0.4, 0.5) is 0 Å². The van der Waals surface area contributed by atoms with Gasteiger partial charge in [0.05, 0.1) is 17.7 Å². The third kappa shape index (κ3) is 2.53. The highest BCUT2D eigenvalue weighted by molar-refractivity contribution is 5.82. The summed E-state index contributed by atoms with van der Waals surface area (Å²) in [6.07, 6.45) is 5.44. The Balaban J connectivity index is 1.28. The summed E-state index contributed by atoms with van der Waals surface area (Å²) in [5.74, 6) is 1.92. The van der Waals surface area contributed by atoms with E-state index in [2.05, 4.69) is 34.5 Å². The van der Waals surface area contributed by atoms with Crippen molar-refractivity contribution < 1.29 is 9.90 Å². The second-order valence-corrected chi connectivity index (χ2v) is 9.05. The van der Waals surface area contributed by atoms with E-state index in [0.29, 0.717) is 17.8 Å². The maximum Gasteiger partial charge on any atom is 0.237 e. The molecule has 0 saturated heterocycles. The zero-order valence-corrected chi connectivity index (χ0v) is 14.9. The lowest BCUT2D eigenvalue weighted by Gasteiger charge is -2.59. The molecule has 2 N–H and O–H groups in total. The minimum atomic E-state index is -0.655. The van der Waals surface area contributed by atoms with Gasteiger partial charge in [-0.3, -0.25) is 9.69 Å². The number of amides is 1. The van der Waals surface area contributed by atoms with Crippen LogP contribution in [0.1, 0.15) is 50.2 Å². The van der Waals surface area contributed by atoms with Gasteiger partial charge in [-0.05, 0) is 67.9 Å². The van der Waals surface area contributed by atoms with Crippen LogP contribution in [-0.2, 0) is 17.9 Å². The maximum atomic E-state index is 13.0. The first-order valence-corrected chi connectivity index (χ1v) is 9.85. The maximum absolute atomic E-state index is 13.0. The van der Waals surface area contributed by atoms with Crippen LogP contribution in [0.25, 0.3) is 0 Å². The van der Waals surface area contributed by atoms with Crippen molar-refractivity contribution in [3.05, 3.63) is 35.4 Å². The van der Waals surface area contributed by atoms with Gasteiger partial charge in [0.25, 0.3) is 0 Å². The summed E-state index contributed by atoms with van der Waals surface area (Å²) in [6, 6.07) is 8.24. The molecule has 0 aromatic heterocycles. The van der Waals surface area contributed by atoms with Gasteiger partial charge in [-0.2, -0.15) is 0 Å². The number of rotatable bonds is 3. The molecule has 1 amide bonds. The van der Waals surface area contributed by atoms with E-state index >= 15 is 0 Å². The summed E-state index contributed by atoms with van der Waals surface area (Å²) < 4.78 is 0. The zero-order valence-electron chi connectivity index (χ0n) is 14.9. The van der Waals surface area contributed by atoms with E-state index in [1.54, 1.807) is 0 Å². The van der Waals surface area contributed by atoms with Crippen LogP contribution in [0.5, 0.6) is 0 Å². The molecule has 6 rings (SSSR count). The van der Waals surface area contributed by atoms with Gasteiger partial charge in [-0.1, -0.05) is 24.3 Å². The standard InChI is InChI=1S/C21H28N2O2/c1-13(23-11-16-4-2-3-5-17(16)12-23)20(24)22-19-18-7-14-6-15(8-18)10-21(19,25)9-14/h2-5,13-15,18-19,25H,6-12H2,1H3,(H,22,24). The van der Waals surface area contributed by atoms with E-state index in [4.69, 9.17) is 0 Å². The zero-order chi connectivity index (χ0) is 17.2. The van der Waals surface area contributed by atoms with Gasteiger partial charge in [0.1, 0.15) is 0 Å². The fourth-order valence-electron chi connectivity index (χ4n) is 6.32. The Kier molecular flexibility index (Phi) is 3.52. The minimum absolute atomic E-state index is 0.0415. The molecule has 4 bridgehead atoms. The van der Waals surface area contributed by atoms with E-state index in [1.165, 1.54) is 30.4 Å². The fraction of sp³-hybridized carbons (Fsp3) is 0.667. The van der Waals surface area contributed by atoms with Crippen LogP contribution in [0.2, 0.25) is 0 Å². The molecule has 4 atom stereocenters. The van der Waals surface area contributed by atoms with Gasteiger partial charge in [0.15, 0.2) is 0 Å². The Morgan fingerprint density at radius 2 is 1.76 bits per heavy atom. The highest BCUT2D eigenvalue weighted by atomic mass is 16.3. The number of nitrogens with zero attached hydrogens (tertiary/aromatic N) is 1. The van der Waals surface area contributed by atoms with Crippen LogP contribution in [0.3, 0.4) is 0 Å². The topological polar surface area (TPSA) is 52.6 Å². The van der Waals surface area contributed by atoms with E-state index in [1.807, 2.05) is 6.92 Å². The van der Waals surface area contributed by atoms with Crippen LogP contribution in [0.15, 0.2) is 24.3 Å². The quantitative estimate of drug-likeness (QED) is 0.889. The number of benzene rings is 1. The van der Waals surface area contributed by atoms with Crippen molar-refractivity contribution in [3.63, 3.8) is 0 Å². The Labute approximate surface area is 149 Å². The fourth-order valence-corrected chi connectivity index (χ4v) is 6.32. The Bertz CT molecular complexity index is 664. The molecule has 1 heterocycles. The van der Waals surface area contributed by atoms with Gasteiger partial charge in [-0.25, -0.2) is 0 Å². The molecule has 4 unspecified atom stereocenters. The molecule has 0 radical (unpaired) electrons. The molecule has 25 heavy (non-hydrogen) atoms. The van der Waals surface area contributed by atoms with Gasteiger partial charge in [0, 0.05) is 13.1 Å². The van der Waals surface area contributed by atoms with Crippen molar-refractivity contribution in [2.75, 3.05) is 0 Å². The smallest absolute Gasteiger partial charge is 0.237 e. The van der Waals surface area contributed by atoms with Crippen molar-refractivity contribution in [3.8, 4) is 0 Å². The van der Waals surface area contributed by atoms with E-state index in [-0.39, 0.29) is 18.0 Å². The van der Waals surface area contributed by atoms with Crippen LogP contribution in [0, 0.1) is 17.8 Å². The molecule has 4 nitrogen and oxygen atoms in total. The molecule has 4 heteroatoms. The number of nitrogens with one attached hydrogen (secondary N) is 1. The Morgan fingerprint density at radius 3 is 2.32 bits per heavy atom. The highest BCUT2D eigenvalue weighted by Gasteiger charge is 2.57. The summed E-state index contributed by atoms with van der Waals surface area (Å²) in [5, 5.41) is 14.4. The molecule has 1 aromatic carbocycles. The number of carbonyl (C=O) groups is 1. The van der Waals surface area contributed by atoms with Gasteiger partial charge in [0.2, 0.25) is 5.91 Å². The van der Waals surface area contributed by atoms with Gasteiger partial charge < -0.3 is 10.4 Å². The van der Waals surface area contributed by atoms with Crippen molar-refractivity contribution in [2.45, 2.75) is 69.8 Å². The third-order valence-electron chi connectivity index (χ3n) is 7.36. The molecular weight excluding hydrogens is 312 g/mol. The van der Waals surface area contributed by atoms with Crippen molar-refractivity contribution >= 4 is 5.91 Å². The predicted octanol–water partition coefficient (Wildman–Crippen LogP) is 2.45. The number of hydrogen-bond acceptors (Lipinski definition) is 3. The lowest BCUT2D eigenvalue weighted by molar-refractivity contribution is -0.159. The van der Waals surface area contributed by atoms with E-state index in [0.717, 1.165) is 25.9 Å². The number of hydrogen-bond donors (Lipinski definition) is 2. The SMILES string of the molecule is CC(C(=O)NC1C2CC3CC(C2)CC1(O)C3)N1Cc2ccccc2C1. The van der Waals surface area contributed by atoms with Crippen molar-refractivity contribution in [2.24, 2.45) is 17.8 Å². The van der Waals surface area contributed by atoms with Crippen molar-refractivity contribution in [1.82, 2.24) is 10.2 Å². The third-order valence-corrected chi connectivity index (χ3v) is 7.36. The molecule has 1 aliphatic heterocycles. The predicted molar refractivity (Wildman–Crippen MR) is 95.6 cm³/mol. The molecule has 4 aliphatic carbocycles. The van der Waals surface area contributed by atoms with Crippen molar-refractivity contribution in [1.29, 1.82) is 0 Å². The number of fused-ring (bicyclic) bond motifs is 1. The molecule has 4 fully saturated rings. The lowest BCUT2D eigenvalue weighted by atomic mass is 9.52. The molecule has 4 saturated carbocycles. The van der Waals surface area contributed by atoms with Gasteiger partial charge in [-0.15, -0.1) is 0 Å². The molecular formula is C21H28N2O2. The number of carbonyl (C=O) groups excluding carboxylic acids is 1. The second-order valence-electron chi connectivity index (χ2n) is 9.05. The van der Waals surface area contributed by atoms with E-state index < -0.39 is 5.60 Å². The normalized spacial score (nSPS) is 40.1. The van der Waals surface area contributed by atoms with E-state index in [9.17, 15) is 9.90 Å². The molecule has 1 aromatic rings. The molecule has 5 aliphatic rings. The average molecular weight is 340 g/mol. The first kappa shape index (κ1) is 15.8. The average Bonchev–Trinajstić information content (AvgIpc) is 3.00. The van der Waals surface area contributed by atoms with Gasteiger partial charge >= 0.3 is 0 Å². The molecule has 0 spiro atoms. The summed E-state index contributed by atoms with van der Waals surface area (Å²) in [6.45, 7) is 3.68. The second kappa shape index (κ2) is 5.55.